The minimum atomic E-state index is -0.792. The lowest BCUT2D eigenvalue weighted by atomic mass is 10.1. The molecule has 0 aliphatic heterocycles. The van der Waals surface area contributed by atoms with Gasteiger partial charge in [0.15, 0.2) is 11.6 Å². The Bertz CT molecular complexity index is 361. The summed E-state index contributed by atoms with van der Waals surface area (Å²) >= 11 is 0. The number of ether oxygens (including phenoxy) is 1. The van der Waals surface area contributed by atoms with E-state index in [-0.39, 0.29) is 23.5 Å². The zero-order chi connectivity index (χ0) is 10.7. The second-order valence-electron chi connectivity index (χ2n) is 2.96. The molecule has 0 radical (unpaired) electrons. The Hall–Kier alpha value is -1.58. The van der Waals surface area contributed by atoms with Crippen LogP contribution in [0.2, 0.25) is 0 Å². The van der Waals surface area contributed by atoms with E-state index in [4.69, 9.17) is 9.84 Å². The first-order valence-electron chi connectivity index (χ1n) is 4.10. The first-order chi connectivity index (χ1) is 6.56. The van der Waals surface area contributed by atoms with Gasteiger partial charge in [0.2, 0.25) is 0 Å². The van der Waals surface area contributed by atoms with Gasteiger partial charge < -0.3 is 9.84 Å². The number of carbonyl (C=O) groups is 1. The number of halogens is 1. The molecule has 0 spiro atoms. The summed E-state index contributed by atoms with van der Waals surface area (Å²) < 4.78 is 18.2. The number of Topliss-reactive ketones (excluding diaryl/α,β-unsaturated/α-hetero) is 1. The fraction of sp³-hybridized carbons (Fsp3) is 0.300. The first-order valence-corrected chi connectivity index (χ1v) is 4.10. The molecule has 0 unspecified atom stereocenters. The van der Waals surface area contributed by atoms with Crippen LogP contribution in [0.25, 0.3) is 0 Å². The highest BCUT2D eigenvalue weighted by Crippen LogP contribution is 2.28. The SMILES string of the molecule is COc1ccc(O)c(F)c1CC(C)=O. The second-order valence-corrected chi connectivity index (χ2v) is 2.96. The number of methoxy groups -OCH3 is 1. The highest BCUT2D eigenvalue weighted by atomic mass is 19.1. The van der Waals surface area contributed by atoms with Gasteiger partial charge in [-0.3, -0.25) is 4.79 Å². The number of benzene rings is 1. The van der Waals surface area contributed by atoms with Gasteiger partial charge in [-0.1, -0.05) is 0 Å². The molecule has 0 aromatic heterocycles. The molecule has 1 rings (SSSR count). The van der Waals surface area contributed by atoms with Gasteiger partial charge in [0, 0.05) is 12.0 Å². The van der Waals surface area contributed by atoms with E-state index in [2.05, 4.69) is 0 Å². The number of ketones is 1. The summed E-state index contributed by atoms with van der Waals surface area (Å²) in [4.78, 5) is 10.8. The van der Waals surface area contributed by atoms with Crippen molar-refractivity contribution < 1.29 is 19.0 Å². The van der Waals surface area contributed by atoms with E-state index in [0.29, 0.717) is 0 Å². The van der Waals surface area contributed by atoms with E-state index in [0.717, 1.165) is 0 Å². The van der Waals surface area contributed by atoms with Gasteiger partial charge in [-0.2, -0.15) is 0 Å². The number of carbonyl (C=O) groups excluding carboxylic acids is 1. The van der Waals surface area contributed by atoms with Gasteiger partial charge in [0.25, 0.3) is 0 Å². The van der Waals surface area contributed by atoms with Crippen molar-refractivity contribution in [2.75, 3.05) is 7.11 Å². The van der Waals surface area contributed by atoms with Gasteiger partial charge in [-0.05, 0) is 19.1 Å². The lowest BCUT2D eigenvalue weighted by Gasteiger charge is -2.08. The molecule has 14 heavy (non-hydrogen) atoms. The third-order valence-corrected chi connectivity index (χ3v) is 1.83. The molecule has 1 N–H and O–H groups in total. The van der Waals surface area contributed by atoms with Crippen molar-refractivity contribution >= 4 is 5.78 Å². The van der Waals surface area contributed by atoms with Gasteiger partial charge in [-0.15, -0.1) is 0 Å². The maximum Gasteiger partial charge on any atom is 0.172 e. The summed E-state index contributed by atoms with van der Waals surface area (Å²) in [5, 5.41) is 9.09. The Balaban J connectivity index is 3.20. The number of phenolic OH excluding ortho intramolecular Hbond substituents is 1. The molecule has 0 heterocycles. The van der Waals surface area contributed by atoms with E-state index in [1.807, 2.05) is 0 Å². The average Bonchev–Trinajstić information content (AvgIpc) is 2.13. The van der Waals surface area contributed by atoms with Crippen LogP contribution in [0.5, 0.6) is 11.5 Å². The Labute approximate surface area is 81.1 Å². The van der Waals surface area contributed by atoms with Crippen molar-refractivity contribution in [1.29, 1.82) is 0 Å². The van der Waals surface area contributed by atoms with Crippen molar-refractivity contribution in [1.82, 2.24) is 0 Å². The number of phenols is 1. The van der Waals surface area contributed by atoms with Crippen molar-refractivity contribution in [2.45, 2.75) is 13.3 Å². The molecule has 76 valence electrons. The lowest BCUT2D eigenvalue weighted by molar-refractivity contribution is -0.116. The zero-order valence-corrected chi connectivity index (χ0v) is 8.00. The summed E-state index contributed by atoms with van der Waals surface area (Å²) in [6, 6.07) is 2.62. The van der Waals surface area contributed by atoms with Gasteiger partial charge in [0.05, 0.1) is 7.11 Å². The summed E-state index contributed by atoms with van der Waals surface area (Å²) in [6.07, 6.45) is -0.0800. The third-order valence-electron chi connectivity index (χ3n) is 1.83. The molecule has 1 aromatic carbocycles. The summed E-state index contributed by atoms with van der Waals surface area (Å²) in [7, 11) is 1.38. The largest absolute Gasteiger partial charge is 0.505 e. The second kappa shape index (κ2) is 4.09. The quantitative estimate of drug-likeness (QED) is 0.803. The minimum absolute atomic E-state index is 0.0800. The average molecular weight is 198 g/mol. The van der Waals surface area contributed by atoms with Crippen molar-refractivity contribution in [2.24, 2.45) is 0 Å². The normalized spacial score (nSPS) is 9.93. The van der Waals surface area contributed by atoms with E-state index in [1.54, 1.807) is 0 Å². The Morgan fingerprint density at radius 2 is 2.21 bits per heavy atom. The van der Waals surface area contributed by atoms with E-state index < -0.39 is 11.6 Å². The molecular formula is C10H11FO3. The molecule has 0 aliphatic carbocycles. The summed E-state index contributed by atoms with van der Waals surface area (Å²) in [5.74, 6) is -1.18. The van der Waals surface area contributed by atoms with Crippen LogP contribution >= 0.6 is 0 Å². The zero-order valence-electron chi connectivity index (χ0n) is 8.00. The standard InChI is InChI=1S/C10H11FO3/c1-6(12)5-7-9(14-2)4-3-8(13)10(7)11/h3-4,13H,5H2,1-2H3. The predicted molar refractivity (Wildman–Crippen MR) is 49.0 cm³/mol. The number of hydrogen-bond donors (Lipinski definition) is 1. The van der Waals surface area contributed by atoms with E-state index in [1.165, 1.54) is 26.2 Å². The molecule has 0 bridgehead atoms. The van der Waals surface area contributed by atoms with Gasteiger partial charge in [0.1, 0.15) is 11.5 Å². The Morgan fingerprint density at radius 1 is 1.57 bits per heavy atom. The van der Waals surface area contributed by atoms with Crippen molar-refractivity contribution in [3.63, 3.8) is 0 Å². The molecule has 0 saturated heterocycles. The van der Waals surface area contributed by atoms with Gasteiger partial charge >= 0.3 is 0 Å². The summed E-state index contributed by atoms with van der Waals surface area (Å²) in [5.41, 5.74) is 0.0972. The van der Waals surface area contributed by atoms with E-state index in [9.17, 15) is 9.18 Å². The monoisotopic (exact) mass is 198 g/mol. The lowest BCUT2D eigenvalue weighted by Crippen LogP contribution is -2.02. The van der Waals surface area contributed by atoms with Crippen LogP contribution in [-0.4, -0.2) is 18.0 Å². The highest BCUT2D eigenvalue weighted by Gasteiger charge is 2.14. The minimum Gasteiger partial charge on any atom is -0.505 e. The Kier molecular flexibility index (Phi) is 3.06. The number of aromatic hydroxyl groups is 1. The Morgan fingerprint density at radius 3 is 2.71 bits per heavy atom. The third kappa shape index (κ3) is 2.02. The van der Waals surface area contributed by atoms with Crippen LogP contribution in [0.15, 0.2) is 12.1 Å². The van der Waals surface area contributed by atoms with Crippen LogP contribution in [0.3, 0.4) is 0 Å². The molecule has 0 atom stereocenters. The molecule has 0 amide bonds. The first kappa shape index (κ1) is 10.5. The molecular weight excluding hydrogens is 187 g/mol. The highest BCUT2D eigenvalue weighted by molar-refractivity contribution is 5.79. The number of hydrogen-bond acceptors (Lipinski definition) is 3. The molecule has 3 nitrogen and oxygen atoms in total. The molecule has 4 heteroatoms. The van der Waals surface area contributed by atoms with E-state index >= 15 is 0 Å². The van der Waals surface area contributed by atoms with Crippen molar-refractivity contribution in [3.8, 4) is 11.5 Å². The number of rotatable bonds is 3. The van der Waals surface area contributed by atoms with Crippen LogP contribution in [-0.2, 0) is 11.2 Å². The topological polar surface area (TPSA) is 46.5 Å². The maximum atomic E-state index is 13.3. The molecule has 0 aliphatic rings. The van der Waals surface area contributed by atoms with Crippen LogP contribution < -0.4 is 4.74 Å². The maximum absolute atomic E-state index is 13.3. The molecule has 0 saturated carbocycles. The smallest absolute Gasteiger partial charge is 0.172 e. The van der Waals surface area contributed by atoms with Gasteiger partial charge in [-0.25, -0.2) is 4.39 Å². The summed E-state index contributed by atoms with van der Waals surface area (Å²) in [6.45, 7) is 1.35. The molecule has 0 fully saturated rings. The predicted octanol–water partition coefficient (Wildman–Crippen LogP) is 1.67. The van der Waals surface area contributed by atoms with Crippen molar-refractivity contribution in [3.05, 3.63) is 23.5 Å². The van der Waals surface area contributed by atoms with Crippen LogP contribution in [0, 0.1) is 5.82 Å². The fourth-order valence-electron chi connectivity index (χ4n) is 1.20. The molecule has 1 aromatic rings. The van der Waals surface area contributed by atoms with Crippen LogP contribution in [0.1, 0.15) is 12.5 Å². The fourth-order valence-corrected chi connectivity index (χ4v) is 1.20. The van der Waals surface area contributed by atoms with Crippen LogP contribution in [0.4, 0.5) is 4.39 Å².